The summed E-state index contributed by atoms with van der Waals surface area (Å²) in [6.45, 7) is 16.1. The average Bonchev–Trinajstić information content (AvgIpc) is 2.24. The molecule has 1 unspecified atom stereocenters. The van der Waals surface area contributed by atoms with Crippen LogP contribution in [0.3, 0.4) is 0 Å². The first-order chi connectivity index (χ1) is 7.84. The van der Waals surface area contributed by atoms with Crippen molar-refractivity contribution in [3.05, 3.63) is 0 Å². The molecule has 4 nitrogen and oxygen atoms in total. The molecule has 0 aliphatic carbocycles. The van der Waals surface area contributed by atoms with Crippen molar-refractivity contribution < 1.29 is 0 Å². The minimum Gasteiger partial charge on any atom is -0.355 e. The molecule has 0 spiro atoms. The van der Waals surface area contributed by atoms with E-state index in [1.54, 1.807) is 0 Å². The van der Waals surface area contributed by atoms with Gasteiger partial charge in [0.05, 0.1) is 0 Å². The second kappa shape index (κ2) is 7.54. The molecule has 0 aromatic carbocycles. The van der Waals surface area contributed by atoms with E-state index in [2.05, 4.69) is 62.1 Å². The summed E-state index contributed by atoms with van der Waals surface area (Å²) in [7, 11) is 1.81. The molecule has 0 rings (SSSR count). The van der Waals surface area contributed by atoms with Crippen LogP contribution in [-0.4, -0.2) is 49.1 Å². The van der Waals surface area contributed by atoms with Crippen LogP contribution < -0.4 is 10.6 Å². The zero-order valence-electron chi connectivity index (χ0n) is 12.6. The van der Waals surface area contributed by atoms with Gasteiger partial charge < -0.3 is 10.6 Å². The second-order valence-corrected chi connectivity index (χ2v) is 5.40. The lowest BCUT2D eigenvalue weighted by atomic mass is 10.1. The summed E-state index contributed by atoms with van der Waals surface area (Å²) in [5.74, 6) is 0.872. The molecule has 0 saturated heterocycles. The Kier molecular flexibility index (Phi) is 7.19. The molecule has 0 fully saturated rings. The first-order valence-electron chi connectivity index (χ1n) is 6.56. The van der Waals surface area contributed by atoms with Gasteiger partial charge in [0.2, 0.25) is 0 Å². The maximum absolute atomic E-state index is 4.23. The van der Waals surface area contributed by atoms with Crippen LogP contribution in [0.15, 0.2) is 4.99 Å². The Bertz CT molecular complexity index is 226. The third-order valence-electron chi connectivity index (χ3n) is 2.72. The molecule has 0 aromatic heterocycles. The predicted molar refractivity (Wildman–Crippen MR) is 76.6 cm³/mol. The number of nitrogens with zero attached hydrogens (tertiary/aromatic N) is 2. The number of guanidine groups is 1. The van der Waals surface area contributed by atoms with E-state index in [9.17, 15) is 0 Å². The van der Waals surface area contributed by atoms with Crippen molar-refractivity contribution in [2.24, 2.45) is 4.99 Å². The maximum atomic E-state index is 4.23. The number of likely N-dealkylation sites (N-methyl/N-ethyl adjacent to an activating group) is 1. The van der Waals surface area contributed by atoms with Crippen LogP contribution in [0.1, 0.15) is 41.5 Å². The van der Waals surface area contributed by atoms with Gasteiger partial charge in [0.15, 0.2) is 5.96 Å². The van der Waals surface area contributed by atoms with Crippen LogP contribution in [-0.2, 0) is 0 Å². The van der Waals surface area contributed by atoms with Crippen molar-refractivity contribution in [2.75, 3.05) is 26.7 Å². The maximum Gasteiger partial charge on any atom is 0.191 e. The van der Waals surface area contributed by atoms with Crippen molar-refractivity contribution in [3.63, 3.8) is 0 Å². The Morgan fingerprint density at radius 2 is 1.76 bits per heavy atom. The molecule has 0 saturated carbocycles. The highest BCUT2D eigenvalue weighted by Gasteiger charge is 2.14. The summed E-state index contributed by atoms with van der Waals surface area (Å²) in [6.07, 6.45) is 0. The Labute approximate surface area is 107 Å². The highest BCUT2D eigenvalue weighted by Crippen LogP contribution is 1.99. The van der Waals surface area contributed by atoms with Gasteiger partial charge in [0, 0.05) is 25.2 Å². The summed E-state index contributed by atoms with van der Waals surface area (Å²) < 4.78 is 0. The fraction of sp³-hybridized carbons (Fsp3) is 0.923. The SMILES string of the molecule is CCN(CC)C(C)CNC(=NC)NC(C)(C)C. The van der Waals surface area contributed by atoms with Gasteiger partial charge in [-0.05, 0) is 40.8 Å². The van der Waals surface area contributed by atoms with Crippen LogP contribution in [0.5, 0.6) is 0 Å². The van der Waals surface area contributed by atoms with Gasteiger partial charge >= 0.3 is 0 Å². The fourth-order valence-corrected chi connectivity index (χ4v) is 1.75. The summed E-state index contributed by atoms with van der Waals surface area (Å²) in [5.41, 5.74) is 0.0419. The normalized spacial score (nSPS) is 14.9. The summed E-state index contributed by atoms with van der Waals surface area (Å²) in [6, 6.07) is 0.517. The quantitative estimate of drug-likeness (QED) is 0.569. The molecular weight excluding hydrogens is 212 g/mol. The standard InChI is InChI=1S/C13H30N4/c1-8-17(9-2)11(3)10-15-12(14-7)16-13(4,5)6/h11H,8-10H2,1-7H3,(H2,14,15,16). The van der Waals surface area contributed by atoms with E-state index in [0.29, 0.717) is 6.04 Å². The van der Waals surface area contributed by atoms with E-state index in [4.69, 9.17) is 0 Å². The van der Waals surface area contributed by atoms with Crippen LogP contribution in [0.25, 0.3) is 0 Å². The molecule has 0 amide bonds. The molecule has 0 radical (unpaired) electrons. The van der Waals surface area contributed by atoms with Gasteiger partial charge in [-0.3, -0.25) is 9.89 Å². The molecule has 0 bridgehead atoms. The molecular formula is C13H30N4. The minimum absolute atomic E-state index is 0.0419. The minimum atomic E-state index is 0.0419. The van der Waals surface area contributed by atoms with Crippen molar-refractivity contribution in [1.82, 2.24) is 15.5 Å². The van der Waals surface area contributed by atoms with Gasteiger partial charge in [-0.2, -0.15) is 0 Å². The zero-order valence-corrected chi connectivity index (χ0v) is 12.6. The van der Waals surface area contributed by atoms with E-state index in [1.165, 1.54) is 0 Å². The number of aliphatic imine (C=N–C) groups is 1. The van der Waals surface area contributed by atoms with Crippen LogP contribution in [0.2, 0.25) is 0 Å². The van der Waals surface area contributed by atoms with Crippen LogP contribution >= 0.6 is 0 Å². The first kappa shape index (κ1) is 16.2. The Morgan fingerprint density at radius 1 is 1.24 bits per heavy atom. The predicted octanol–water partition coefficient (Wildman–Crippen LogP) is 1.68. The molecule has 102 valence electrons. The van der Waals surface area contributed by atoms with Gasteiger partial charge in [-0.15, -0.1) is 0 Å². The molecule has 0 heterocycles. The largest absolute Gasteiger partial charge is 0.355 e. The molecule has 0 aliphatic heterocycles. The number of nitrogens with one attached hydrogen (secondary N) is 2. The lowest BCUT2D eigenvalue weighted by Gasteiger charge is -2.29. The molecule has 17 heavy (non-hydrogen) atoms. The van der Waals surface area contributed by atoms with Gasteiger partial charge in [0.25, 0.3) is 0 Å². The summed E-state index contributed by atoms with van der Waals surface area (Å²) in [4.78, 5) is 6.66. The van der Waals surface area contributed by atoms with Crippen molar-refractivity contribution in [2.45, 2.75) is 53.1 Å². The molecule has 0 aliphatic rings. The molecule has 2 N–H and O–H groups in total. The number of hydrogen-bond acceptors (Lipinski definition) is 2. The Balaban J connectivity index is 4.16. The zero-order chi connectivity index (χ0) is 13.5. The Hall–Kier alpha value is -0.770. The number of hydrogen-bond donors (Lipinski definition) is 2. The van der Waals surface area contributed by atoms with E-state index in [1.807, 2.05) is 7.05 Å². The van der Waals surface area contributed by atoms with E-state index >= 15 is 0 Å². The highest BCUT2D eigenvalue weighted by molar-refractivity contribution is 5.80. The topological polar surface area (TPSA) is 39.7 Å². The smallest absolute Gasteiger partial charge is 0.191 e. The van der Waals surface area contributed by atoms with E-state index in [-0.39, 0.29) is 5.54 Å². The van der Waals surface area contributed by atoms with Gasteiger partial charge in [0.1, 0.15) is 0 Å². The van der Waals surface area contributed by atoms with Crippen molar-refractivity contribution in [1.29, 1.82) is 0 Å². The second-order valence-electron chi connectivity index (χ2n) is 5.40. The third kappa shape index (κ3) is 7.21. The van der Waals surface area contributed by atoms with E-state index < -0.39 is 0 Å². The average molecular weight is 242 g/mol. The van der Waals surface area contributed by atoms with Crippen LogP contribution in [0.4, 0.5) is 0 Å². The summed E-state index contributed by atoms with van der Waals surface area (Å²) in [5, 5.41) is 6.73. The summed E-state index contributed by atoms with van der Waals surface area (Å²) >= 11 is 0. The fourth-order valence-electron chi connectivity index (χ4n) is 1.75. The van der Waals surface area contributed by atoms with E-state index in [0.717, 1.165) is 25.6 Å². The molecule has 1 atom stereocenters. The van der Waals surface area contributed by atoms with Gasteiger partial charge in [-0.25, -0.2) is 0 Å². The highest BCUT2D eigenvalue weighted by atomic mass is 15.2. The monoisotopic (exact) mass is 242 g/mol. The van der Waals surface area contributed by atoms with Crippen molar-refractivity contribution >= 4 is 5.96 Å². The van der Waals surface area contributed by atoms with Gasteiger partial charge in [-0.1, -0.05) is 13.8 Å². The lowest BCUT2D eigenvalue weighted by molar-refractivity contribution is 0.231. The van der Waals surface area contributed by atoms with Crippen molar-refractivity contribution in [3.8, 4) is 0 Å². The van der Waals surface area contributed by atoms with Crippen LogP contribution in [0, 0.1) is 0 Å². The molecule has 4 heteroatoms. The Morgan fingerprint density at radius 3 is 2.12 bits per heavy atom. The number of rotatable bonds is 5. The third-order valence-corrected chi connectivity index (χ3v) is 2.72. The first-order valence-corrected chi connectivity index (χ1v) is 6.56. The molecule has 0 aromatic rings. The lowest BCUT2D eigenvalue weighted by Crippen LogP contribution is -2.51.